The van der Waals surface area contributed by atoms with Crippen molar-refractivity contribution in [2.45, 2.75) is 26.4 Å². The fraction of sp³-hybridized carbons (Fsp3) is 0.455. The topological polar surface area (TPSA) is 54.0 Å². The highest BCUT2D eigenvalue weighted by Gasteiger charge is 2.10. The van der Waals surface area contributed by atoms with Gasteiger partial charge >= 0.3 is 0 Å². The zero-order valence-corrected chi connectivity index (χ0v) is 11.0. The fourth-order valence-corrected chi connectivity index (χ4v) is 1.61. The number of nitrogens with one attached hydrogen (secondary N) is 2. The van der Waals surface area contributed by atoms with Gasteiger partial charge < -0.3 is 10.6 Å². The van der Waals surface area contributed by atoms with Crippen molar-refractivity contribution in [3.8, 4) is 0 Å². The SMILES string of the molecule is CCNC(=O)C(C)NCc1cccc(Br)n1. The summed E-state index contributed by atoms with van der Waals surface area (Å²) in [5.74, 6) is 0.0116. The van der Waals surface area contributed by atoms with Crippen molar-refractivity contribution in [1.29, 1.82) is 0 Å². The Hall–Kier alpha value is -0.940. The quantitative estimate of drug-likeness (QED) is 0.806. The Kier molecular flexibility index (Phi) is 5.42. The molecule has 1 unspecified atom stereocenters. The van der Waals surface area contributed by atoms with E-state index in [1.165, 1.54) is 0 Å². The van der Waals surface area contributed by atoms with Crippen LogP contribution in [-0.4, -0.2) is 23.5 Å². The van der Waals surface area contributed by atoms with Crippen LogP contribution in [0, 0.1) is 0 Å². The van der Waals surface area contributed by atoms with Crippen LogP contribution in [0.5, 0.6) is 0 Å². The summed E-state index contributed by atoms with van der Waals surface area (Å²) in [5, 5.41) is 5.88. The minimum atomic E-state index is -0.208. The van der Waals surface area contributed by atoms with Crippen LogP contribution >= 0.6 is 15.9 Å². The first-order valence-corrected chi connectivity index (χ1v) is 6.05. The van der Waals surface area contributed by atoms with Crippen molar-refractivity contribution < 1.29 is 4.79 Å². The van der Waals surface area contributed by atoms with Gasteiger partial charge in [0.15, 0.2) is 0 Å². The summed E-state index contributed by atoms with van der Waals surface area (Å²) in [6.45, 7) is 4.97. The van der Waals surface area contributed by atoms with Gasteiger partial charge in [-0.3, -0.25) is 4.79 Å². The van der Waals surface area contributed by atoms with E-state index in [0.29, 0.717) is 13.1 Å². The third-order valence-electron chi connectivity index (χ3n) is 2.11. The number of likely N-dealkylation sites (N-methyl/N-ethyl adjacent to an activating group) is 1. The average molecular weight is 286 g/mol. The predicted molar refractivity (Wildman–Crippen MR) is 66.9 cm³/mol. The van der Waals surface area contributed by atoms with Crippen molar-refractivity contribution in [2.24, 2.45) is 0 Å². The molecule has 0 aliphatic rings. The molecule has 1 aromatic rings. The monoisotopic (exact) mass is 285 g/mol. The third kappa shape index (κ3) is 4.28. The summed E-state index contributed by atoms with van der Waals surface area (Å²) in [4.78, 5) is 15.7. The van der Waals surface area contributed by atoms with Gasteiger partial charge in [-0.05, 0) is 41.9 Å². The largest absolute Gasteiger partial charge is 0.355 e. The zero-order chi connectivity index (χ0) is 12.0. The average Bonchev–Trinajstić information content (AvgIpc) is 2.26. The molecule has 16 heavy (non-hydrogen) atoms. The second-order valence-electron chi connectivity index (χ2n) is 3.45. The predicted octanol–water partition coefficient (Wildman–Crippen LogP) is 1.46. The number of aromatic nitrogens is 1. The zero-order valence-electron chi connectivity index (χ0n) is 9.46. The van der Waals surface area contributed by atoms with E-state index in [1.54, 1.807) is 0 Å². The summed E-state index contributed by atoms with van der Waals surface area (Å²) < 4.78 is 0.803. The number of hydrogen-bond donors (Lipinski definition) is 2. The molecule has 1 aromatic heterocycles. The van der Waals surface area contributed by atoms with Gasteiger partial charge in [0.1, 0.15) is 4.60 Å². The van der Waals surface area contributed by atoms with E-state index in [-0.39, 0.29) is 11.9 Å². The number of carbonyl (C=O) groups excluding carboxylic acids is 1. The molecule has 0 aliphatic heterocycles. The molecule has 0 saturated heterocycles. The van der Waals surface area contributed by atoms with Crippen molar-refractivity contribution >= 4 is 21.8 Å². The lowest BCUT2D eigenvalue weighted by atomic mass is 10.3. The van der Waals surface area contributed by atoms with Crippen LogP contribution in [0.1, 0.15) is 19.5 Å². The van der Waals surface area contributed by atoms with E-state index in [2.05, 4.69) is 31.5 Å². The van der Waals surface area contributed by atoms with E-state index >= 15 is 0 Å². The molecule has 0 bridgehead atoms. The number of rotatable bonds is 5. The van der Waals surface area contributed by atoms with Gasteiger partial charge in [-0.25, -0.2) is 4.98 Å². The number of hydrogen-bond acceptors (Lipinski definition) is 3. The maximum Gasteiger partial charge on any atom is 0.236 e. The van der Waals surface area contributed by atoms with Crippen LogP contribution in [0.2, 0.25) is 0 Å². The Balaban J connectivity index is 2.42. The van der Waals surface area contributed by atoms with E-state index in [0.717, 1.165) is 10.3 Å². The van der Waals surface area contributed by atoms with Gasteiger partial charge in [0.25, 0.3) is 0 Å². The van der Waals surface area contributed by atoms with Crippen LogP contribution in [-0.2, 0) is 11.3 Å². The molecule has 4 nitrogen and oxygen atoms in total. The molecule has 88 valence electrons. The highest BCUT2D eigenvalue weighted by molar-refractivity contribution is 9.10. The molecule has 1 rings (SSSR count). The summed E-state index contributed by atoms with van der Waals surface area (Å²) >= 11 is 3.30. The molecular formula is C11H16BrN3O. The van der Waals surface area contributed by atoms with Crippen molar-refractivity contribution in [3.63, 3.8) is 0 Å². The van der Waals surface area contributed by atoms with Gasteiger partial charge in [0.2, 0.25) is 5.91 Å². The van der Waals surface area contributed by atoms with Crippen LogP contribution in [0.15, 0.2) is 22.8 Å². The standard InChI is InChI=1S/C11H16BrN3O/c1-3-13-11(16)8(2)14-7-9-5-4-6-10(12)15-9/h4-6,8,14H,3,7H2,1-2H3,(H,13,16). The molecule has 0 aromatic carbocycles. The summed E-state index contributed by atoms with van der Waals surface area (Å²) in [7, 11) is 0. The van der Waals surface area contributed by atoms with E-state index < -0.39 is 0 Å². The Labute approximate surface area is 104 Å². The minimum absolute atomic E-state index is 0.0116. The Bertz CT molecular complexity index is 357. The maximum absolute atomic E-state index is 11.4. The molecule has 0 radical (unpaired) electrons. The summed E-state index contributed by atoms with van der Waals surface area (Å²) in [6, 6.07) is 5.50. The van der Waals surface area contributed by atoms with Crippen LogP contribution in [0.3, 0.4) is 0 Å². The lowest BCUT2D eigenvalue weighted by Crippen LogP contribution is -2.41. The first kappa shape index (κ1) is 13.1. The highest BCUT2D eigenvalue weighted by atomic mass is 79.9. The summed E-state index contributed by atoms with van der Waals surface area (Å²) in [6.07, 6.45) is 0. The molecule has 1 amide bonds. The Morgan fingerprint density at radius 3 is 2.94 bits per heavy atom. The van der Waals surface area contributed by atoms with Crippen molar-refractivity contribution in [2.75, 3.05) is 6.54 Å². The van der Waals surface area contributed by atoms with Crippen LogP contribution < -0.4 is 10.6 Å². The third-order valence-corrected chi connectivity index (χ3v) is 2.55. The summed E-state index contributed by atoms with van der Waals surface area (Å²) in [5.41, 5.74) is 0.908. The fourth-order valence-electron chi connectivity index (χ4n) is 1.23. The minimum Gasteiger partial charge on any atom is -0.355 e. The van der Waals surface area contributed by atoms with E-state index in [1.807, 2.05) is 32.0 Å². The molecule has 1 atom stereocenters. The molecule has 0 saturated carbocycles. The number of carbonyl (C=O) groups is 1. The molecule has 1 heterocycles. The van der Waals surface area contributed by atoms with Crippen molar-refractivity contribution in [1.82, 2.24) is 15.6 Å². The van der Waals surface area contributed by atoms with Crippen molar-refractivity contribution in [3.05, 3.63) is 28.5 Å². The van der Waals surface area contributed by atoms with Gasteiger partial charge in [-0.15, -0.1) is 0 Å². The van der Waals surface area contributed by atoms with Gasteiger partial charge in [-0.2, -0.15) is 0 Å². The lowest BCUT2D eigenvalue weighted by molar-refractivity contribution is -0.122. The molecule has 0 spiro atoms. The highest BCUT2D eigenvalue weighted by Crippen LogP contribution is 2.05. The maximum atomic E-state index is 11.4. The number of amides is 1. The molecule has 5 heteroatoms. The van der Waals surface area contributed by atoms with E-state index in [4.69, 9.17) is 0 Å². The second kappa shape index (κ2) is 6.60. The number of nitrogens with zero attached hydrogens (tertiary/aromatic N) is 1. The van der Waals surface area contributed by atoms with Crippen LogP contribution in [0.25, 0.3) is 0 Å². The van der Waals surface area contributed by atoms with E-state index in [9.17, 15) is 4.79 Å². The van der Waals surface area contributed by atoms with Gasteiger partial charge in [0, 0.05) is 13.1 Å². The Morgan fingerprint density at radius 2 is 2.31 bits per heavy atom. The van der Waals surface area contributed by atoms with Gasteiger partial charge in [-0.1, -0.05) is 6.07 Å². The normalized spacial score (nSPS) is 12.2. The molecule has 0 aliphatic carbocycles. The number of pyridine rings is 1. The molecule has 2 N–H and O–H groups in total. The lowest BCUT2D eigenvalue weighted by Gasteiger charge is -2.12. The first-order valence-electron chi connectivity index (χ1n) is 5.26. The van der Waals surface area contributed by atoms with Crippen LogP contribution in [0.4, 0.5) is 0 Å². The first-order chi connectivity index (χ1) is 7.63. The Morgan fingerprint density at radius 1 is 1.56 bits per heavy atom. The smallest absolute Gasteiger partial charge is 0.236 e. The molecule has 0 fully saturated rings. The molecular weight excluding hydrogens is 270 g/mol. The second-order valence-corrected chi connectivity index (χ2v) is 4.26. The van der Waals surface area contributed by atoms with Gasteiger partial charge in [0.05, 0.1) is 11.7 Å². The number of halogens is 1.